The lowest BCUT2D eigenvalue weighted by Gasteiger charge is -2.12. The second-order valence-electron chi connectivity index (χ2n) is 4.84. The SMILES string of the molecule is Nc1ccc(OCc2cn([C@@H]3CNC[C@H]3O)nn2)cc1. The number of aromatic nitrogens is 3. The number of benzene rings is 1. The van der Waals surface area contributed by atoms with Crippen LogP contribution in [0, 0.1) is 0 Å². The summed E-state index contributed by atoms with van der Waals surface area (Å²) in [6.07, 6.45) is 1.38. The van der Waals surface area contributed by atoms with Gasteiger partial charge >= 0.3 is 0 Å². The Morgan fingerprint density at radius 3 is 2.85 bits per heavy atom. The minimum absolute atomic E-state index is 0.0622. The average Bonchev–Trinajstić information content (AvgIpc) is 3.06. The monoisotopic (exact) mass is 275 g/mol. The average molecular weight is 275 g/mol. The van der Waals surface area contributed by atoms with Crippen molar-refractivity contribution >= 4 is 5.69 Å². The number of hydrogen-bond acceptors (Lipinski definition) is 6. The second kappa shape index (κ2) is 5.48. The lowest BCUT2D eigenvalue weighted by molar-refractivity contribution is 0.143. The zero-order valence-corrected chi connectivity index (χ0v) is 10.9. The van der Waals surface area contributed by atoms with Gasteiger partial charge in [0.05, 0.1) is 18.3 Å². The summed E-state index contributed by atoms with van der Waals surface area (Å²) in [5.74, 6) is 0.733. The minimum atomic E-state index is -0.428. The molecule has 1 aromatic heterocycles. The van der Waals surface area contributed by atoms with Crippen LogP contribution in [0.25, 0.3) is 0 Å². The van der Waals surface area contributed by atoms with Crippen LogP contribution in [0.1, 0.15) is 11.7 Å². The molecule has 1 saturated heterocycles. The fraction of sp³-hybridized carbons (Fsp3) is 0.385. The first-order valence-electron chi connectivity index (χ1n) is 6.50. The Hall–Kier alpha value is -2.12. The molecule has 0 unspecified atom stereocenters. The first-order chi connectivity index (χ1) is 9.72. The molecule has 0 amide bonds. The molecule has 1 aliphatic heterocycles. The quantitative estimate of drug-likeness (QED) is 0.676. The highest BCUT2D eigenvalue weighted by Gasteiger charge is 2.27. The summed E-state index contributed by atoms with van der Waals surface area (Å²) in [5, 5.41) is 21.0. The standard InChI is InChI=1S/C13H17N5O2/c14-9-1-3-11(4-2-9)20-8-10-7-18(17-16-10)12-5-15-6-13(12)19/h1-4,7,12-13,15,19H,5-6,8,14H2/t12-,13-/m1/s1. The predicted octanol–water partition coefficient (Wildman–Crippen LogP) is -0.0555. The fourth-order valence-corrected chi connectivity index (χ4v) is 2.18. The van der Waals surface area contributed by atoms with Gasteiger partial charge in [-0.05, 0) is 24.3 Å². The number of rotatable bonds is 4. The molecule has 1 aromatic carbocycles. The number of ether oxygens (including phenoxy) is 1. The Kier molecular flexibility index (Phi) is 3.53. The maximum Gasteiger partial charge on any atom is 0.134 e. The van der Waals surface area contributed by atoms with Gasteiger partial charge in [0.1, 0.15) is 18.1 Å². The van der Waals surface area contributed by atoms with Crippen molar-refractivity contribution in [2.75, 3.05) is 18.8 Å². The Morgan fingerprint density at radius 2 is 2.15 bits per heavy atom. The van der Waals surface area contributed by atoms with E-state index in [1.807, 2.05) is 12.1 Å². The van der Waals surface area contributed by atoms with Gasteiger partial charge in [-0.25, -0.2) is 4.68 Å². The van der Waals surface area contributed by atoms with Crippen LogP contribution >= 0.6 is 0 Å². The van der Waals surface area contributed by atoms with E-state index in [9.17, 15) is 5.11 Å². The summed E-state index contributed by atoms with van der Waals surface area (Å²) in [5.41, 5.74) is 7.03. The smallest absolute Gasteiger partial charge is 0.134 e. The maximum atomic E-state index is 9.79. The molecule has 106 valence electrons. The third kappa shape index (κ3) is 2.73. The van der Waals surface area contributed by atoms with E-state index < -0.39 is 6.10 Å². The highest BCUT2D eigenvalue weighted by Crippen LogP contribution is 2.16. The van der Waals surface area contributed by atoms with E-state index in [-0.39, 0.29) is 6.04 Å². The van der Waals surface area contributed by atoms with Gasteiger partial charge in [-0.2, -0.15) is 0 Å². The number of nitrogens with zero attached hydrogens (tertiary/aromatic N) is 3. The Labute approximate surface area is 116 Å². The van der Waals surface area contributed by atoms with Crippen molar-refractivity contribution in [1.82, 2.24) is 20.3 Å². The Bertz CT molecular complexity index is 568. The van der Waals surface area contributed by atoms with Gasteiger partial charge in [0.15, 0.2) is 0 Å². The summed E-state index contributed by atoms with van der Waals surface area (Å²) in [4.78, 5) is 0. The van der Waals surface area contributed by atoms with Crippen molar-refractivity contribution in [3.8, 4) is 5.75 Å². The van der Waals surface area contributed by atoms with E-state index in [0.29, 0.717) is 25.4 Å². The predicted molar refractivity (Wildman–Crippen MR) is 73.1 cm³/mol. The van der Waals surface area contributed by atoms with Gasteiger partial charge in [0.25, 0.3) is 0 Å². The van der Waals surface area contributed by atoms with Crippen LogP contribution in [0.2, 0.25) is 0 Å². The fourth-order valence-electron chi connectivity index (χ4n) is 2.18. The van der Waals surface area contributed by atoms with Crippen molar-refractivity contribution < 1.29 is 9.84 Å². The molecule has 7 heteroatoms. The Morgan fingerprint density at radius 1 is 1.35 bits per heavy atom. The number of nitrogens with one attached hydrogen (secondary N) is 1. The molecule has 1 fully saturated rings. The van der Waals surface area contributed by atoms with Gasteiger partial charge in [-0.15, -0.1) is 5.10 Å². The molecule has 1 aliphatic rings. The van der Waals surface area contributed by atoms with Crippen LogP contribution in [0.3, 0.4) is 0 Å². The van der Waals surface area contributed by atoms with E-state index in [0.717, 1.165) is 11.4 Å². The summed E-state index contributed by atoms with van der Waals surface area (Å²) >= 11 is 0. The zero-order chi connectivity index (χ0) is 13.9. The number of aliphatic hydroxyl groups is 1. The lowest BCUT2D eigenvalue weighted by atomic mass is 10.2. The molecular weight excluding hydrogens is 258 g/mol. The van der Waals surface area contributed by atoms with Crippen LogP contribution in [-0.2, 0) is 6.61 Å². The van der Waals surface area contributed by atoms with E-state index >= 15 is 0 Å². The second-order valence-corrected chi connectivity index (χ2v) is 4.84. The molecule has 4 N–H and O–H groups in total. The molecule has 2 aromatic rings. The maximum absolute atomic E-state index is 9.79. The summed E-state index contributed by atoms with van der Waals surface area (Å²) in [6.45, 7) is 1.62. The molecule has 0 aliphatic carbocycles. The summed E-state index contributed by atoms with van der Waals surface area (Å²) < 4.78 is 7.29. The first-order valence-corrected chi connectivity index (χ1v) is 6.50. The van der Waals surface area contributed by atoms with Crippen molar-refractivity contribution in [1.29, 1.82) is 0 Å². The van der Waals surface area contributed by atoms with E-state index in [1.165, 1.54) is 0 Å². The highest BCUT2D eigenvalue weighted by molar-refractivity contribution is 5.41. The van der Waals surface area contributed by atoms with Gasteiger partial charge < -0.3 is 20.9 Å². The molecule has 0 spiro atoms. The Balaban J connectivity index is 1.61. The third-order valence-corrected chi connectivity index (χ3v) is 3.32. The number of β-amino-alcohol motifs (C(OH)–C–C–N with tert-alkyl or cyclic N) is 1. The zero-order valence-electron chi connectivity index (χ0n) is 10.9. The van der Waals surface area contributed by atoms with Crippen LogP contribution in [-0.4, -0.2) is 39.3 Å². The number of nitrogens with two attached hydrogens (primary N) is 1. The van der Waals surface area contributed by atoms with Crippen molar-refractivity contribution in [3.05, 3.63) is 36.2 Å². The largest absolute Gasteiger partial charge is 0.487 e. The number of anilines is 1. The van der Waals surface area contributed by atoms with Crippen LogP contribution in [0.15, 0.2) is 30.5 Å². The molecule has 0 bridgehead atoms. The van der Waals surface area contributed by atoms with Gasteiger partial charge in [-0.3, -0.25) is 0 Å². The van der Waals surface area contributed by atoms with Gasteiger partial charge in [-0.1, -0.05) is 5.21 Å². The molecule has 0 radical (unpaired) electrons. The van der Waals surface area contributed by atoms with E-state index in [4.69, 9.17) is 10.5 Å². The molecule has 20 heavy (non-hydrogen) atoms. The highest BCUT2D eigenvalue weighted by atomic mass is 16.5. The topological polar surface area (TPSA) is 98.2 Å². The summed E-state index contributed by atoms with van der Waals surface area (Å²) in [7, 11) is 0. The van der Waals surface area contributed by atoms with Gasteiger partial charge in [0, 0.05) is 18.8 Å². The van der Waals surface area contributed by atoms with Crippen LogP contribution < -0.4 is 15.8 Å². The third-order valence-electron chi connectivity index (χ3n) is 3.32. The summed E-state index contributed by atoms with van der Waals surface area (Å²) in [6, 6.07) is 7.13. The molecule has 3 rings (SSSR count). The van der Waals surface area contributed by atoms with Crippen LogP contribution in [0.4, 0.5) is 5.69 Å². The molecular formula is C13H17N5O2. The molecule has 7 nitrogen and oxygen atoms in total. The lowest BCUT2D eigenvalue weighted by Crippen LogP contribution is -2.22. The first kappa shape index (κ1) is 12.9. The molecule has 2 atom stereocenters. The normalized spacial score (nSPS) is 22.1. The van der Waals surface area contributed by atoms with E-state index in [2.05, 4.69) is 15.6 Å². The molecule has 0 saturated carbocycles. The van der Waals surface area contributed by atoms with Crippen molar-refractivity contribution in [3.63, 3.8) is 0 Å². The van der Waals surface area contributed by atoms with Crippen LogP contribution in [0.5, 0.6) is 5.75 Å². The number of hydrogen-bond donors (Lipinski definition) is 3. The number of nitrogen functional groups attached to an aromatic ring is 1. The number of aliphatic hydroxyl groups excluding tert-OH is 1. The van der Waals surface area contributed by atoms with Crippen molar-refractivity contribution in [2.45, 2.75) is 18.8 Å². The van der Waals surface area contributed by atoms with Gasteiger partial charge in [0.2, 0.25) is 0 Å². The molecule has 2 heterocycles. The minimum Gasteiger partial charge on any atom is -0.487 e. The van der Waals surface area contributed by atoms with E-state index in [1.54, 1.807) is 23.0 Å². The van der Waals surface area contributed by atoms with Crippen molar-refractivity contribution in [2.24, 2.45) is 0 Å².